The molecule has 0 saturated heterocycles. The van der Waals surface area contributed by atoms with Crippen molar-refractivity contribution in [2.45, 2.75) is 33.1 Å². The zero-order valence-electron chi connectivity index (χ0n) is 13.2. The summed E-state index contributed by atoms with van der Waals surface area (Å²) in [7, 11) is 1.81. The first-order valence-electron chi connectivity index (χ1n) is 7.67. The highest BCUT2D eigenvalue weighted by molar-refractivity contribution is 5.26. The third-order valence-electron chi connectivity index (χ3n) is 3.65. The maximum atomic E-state index is 4.31. The largest absolute Gasteiger partial charge is 0.316 e. The Balaban J connectivity index is 2.02. The molecule has 1 atom stereocenters. The van der Waals surface area contributed by atoms with Gasteiger partial charge in [0.25, 0.3) is 0 Å². The van der Waals surface area contributed by atoms with Crippen molar-refractivity contribution in [3.05, 3.63) is 41.2 Å². The maximum absolute atomic E-state index is 4.31. The van der Waals surface area contributed by atoms with Crippen LogP contribution in [0.15, 0.2) is 24.3 Å². The van der Waals surface area contributed by atoms with E-state index in [2.05, 4.69) is 58.8 Å². The number of aromatic nitrogens is 4. The van der Waals surface area contributed by atoms with Gasteiger partial charge in [0.2, 0.25) is 0 Å². The molecule has 0 amide bonds. The summed E-state index contributed by atoms with van der Waals surface area (Å²) >= 11 is 0. The van der Waals surface area contributed by atoms with Gasteiger partial charge >= 0.3 is 0 Å². The van der Waals surface area contributed by atoms with E-state index in [0.29, 0.717) is 5.92 Å². The predicted octanol–water partition coefficient (Wildman–Crippen LogP) is 1.92. The predicted molar refractivity (Wildman–Crippen MR) is 84.0 cm³/mol. The second kappa shape index (κ2) is 7.88. The molecule has 0 bridgehead atoms. The molecule has 5 heteroatoms. The molecule has 0 radical (unpaired) electrons. The third-order valence-corrected chi connectivity index (χ3v) is 3.65. The number of nitrogens with zero attached hydrogens (tertiary/aromatic N) is 4. The van der Waals surface area contributed by atoms with Crippen LogP contribution in [0.2, 0.25) is 0 Å². The van der Waals surface area contributed by atoms with Crippen LogP contribution in [-0.2, 0) is 19.9 Å². The molecule has 0 aliphatic heterocycles. The van der Waals surface area contributed by atoms with Crippen LogP contribution in [0, 0.1) is 12.8 Å². The van der Waals surface area contributed by atoms with E-state index < -0.39 is 0 Å². The molecule has 1 unspecified atom stereocenters. The minimum Gasteiger partial charge on any atom is -0.316 e. The van der Waals surface area contributed by atoms with Crippen LogP contribution in [0.5, 0.6) is 0 Å². The Hall–Kier alpha value is -1.75. The molecule has 2 aromatic rings. The summed E-state index contributed by atoms with van der Waals surface area (Å²) in [6, 6.07) is 8.59. The van der Waals surface area contributed by atoms with Crippen LogP contribution in [0.25, 0.3) is 0 Å². The molecule has 21 heavy (non-hydrogen) atoms. The van der Waals surface area contributed by atoms with Gasteiger partial charge in [-0.15, -0.1) is 10.2 Å². The second-order valence-electron chi connectivity index (χ2n) is 5.60. The number of benzene rings is 1. The first kappa shape index (κ1) is 15.6. The van der Waals surface area contributed by atoms with Gasteiger partial charge in [-0.3, -0.25) is 0 Å². The van der Waals surface area contributed by atoms with E-state index in [9.17, 15) is 0 Å². The lowest BCUT2D eigenvalue weighted by atomic mass is 9.93. The normalized spacial score (nSPS) is 12.5. The summed E-state index contributed by atoms with van der Waals surface area (Å²) < 4.78 is 0. The second-order valence-corrected chi connectivity index (χ2v) is 5.60. The molecular formula is C16H25N5. The molecule has 0 fully saturated rings. The Morgan fingerprint density at radius 3 is 2.71 bits per heavy atom. The molecule has 2 rings (SSSR count). The molecule has 1 heterocycles. The maximum Gasteiger partial charge on any atom is 0.175 e. The number of nitrogens with one attached hydrogen (secondary N) is 1. The first-order chi connectivity index (χ1) is 10.2. The van der Waals surface area contributed by atoms with Gasteiger partial charge in [0.05, 0.1) is 7.05 Å². The molecule has 1 aromatic carbocycles. The van der Waals surface area contributed by atoms with Gasteiger partial charge in [-0.05, 0) is 55.1 Å². The van der Waals surface area contributed by atoms with Crippen LogP contribution in [0.3, 0.4) is 0 Å². The zero-order valence-corrected chi connectivity index (χ0v) is 13.2. The van der Waals surface area contributed by atoms with Gasteiger partial charge in [-0.1, -0.05) is 31.2 Å². The van der Waals surface area contributed by atoms with Crippen LogP contribution >= 0.6 is 0 Å². The molecule has 0 aliphatic carbocycles. The minimum absolute atomic E-state index is 0.488. The van der Waals surface area contributed by atoms with E-state index in [0.717, 1.165) is 38.2 Å². The van der Waals surface area contributed by atoms with E-state index in [-0.39, 0.29) is 0 Å². The summed E-state index contributed by atoms with van der Waals surface area (Å²) in [5.74, 6) is 1.32. The van der Waals surface area contributed by atoms with Gasteiger partial charge in [0, 0.05) is 6.42 Å². The monoisotopic (exact) mass is 287 g/mol. The fourth-order valence-electron chi connectivity index (χ4n) is 2.51. The summed E-state index contributed by atoms with van der Waals surface area (Å²) in [5.41, 5.74) is 2.76. The quantitative estimate of drug-likeness (QED) is 0.754. The third kappa shape index (κ3) is 4.93. The van der Waals surface area contributed by atoms with E-state index >= 15 is 0 Å². The molecule has 114 valence electrons. The van der Waals surface area contributed by atoms with E-state index in [1.807, 2.05) is 7.05 Å². The van der Waals surface area contributed by atoms with Gasteiger partial charge in [0.15, 0.2) is 5.82 Å². The lowest BCUT2D eigenvalue weighted by molar-refractivity contribution is 0.460. The Bertz CT molecular complexity index is 549. The molecule has 5 nitrogen and oxygen atoms in total. The highest BCUT2D eigenvalue weighted by atomic mass is 15.6. The topological polar surface area (TPSA) is 55.6 Å². The standard InChI is InChI=1S/C16H25N5/c1-4-9-17-12-14(11-16-18-20-21(3)19-16)10-15-8-6-5-7-13(15)2/h5-8,14,17H,4,9-12H2,1-3H3. The van der Waals surface area contributed by atoms with Crippen LogP contribution in [0.4, 0.5) is 0 Å². The SMILES string of the molecule is CCCNCC(Cc1nnn(C)n1)Cc1ccccc1C. The molecular weight excluding hydrogens is 262 g/mol. The van der Waals surface area contributed by atoms with E-state index in [1.54, 1.807) is 0 Å². The highest BCUT2D eigenvalue weighted by Crippen LogP contribution is 2.15. The van der Waals surface area contributed by atoms with Crippen LogP contribution in [-0.4, -0.2) is 33.3 Å². The molecule has 0 aliphatic rings. The molecule has 1 N–H and O–H groups in total. The summed E-state index contributed by atoms with van der Waals surface area (Å²) in [6.45, 7) is 6.40. The van der Waals surface area contributed by atoms with Crippen molar-refractivity contribution >= 4 is 0 Å². The number of tetrazole rings is 1. The van der Waals surface area contributed by atoms with Crippen molar-refractivity contribution in [2.75, 3.05) is 13.1 Å². The number of hydrogen-bond donors (Lipinski definition) is 1. The zero-order chi connectivity index (χ0) is 15.1. The van der Waals surface area contributed by atoms with Crippen molar-refractivity contribution in [1.82, 2.24) is 25.5 Å². The number of hydrogen-bond acceptors (Lipinski definition) is 4. The smallest absolute Gasteiger partial charge is 0.175 e. The van der Waals surface area contributed by atoms with Gasteiger partial charge in [-0.2, -0.15) is 4.80 Å². The van der Waals surface area contributed by atoms with Crippen LogP contribution < -0.4 is 5.32 Å². The Morgan fingerprint density at radius 2 is 2.05 bits per heavy atom. The molecule has 0 spiro atoms. The fraction of sp³-hybridized carbons (Fsp3) is 0.562. The fourth-order valence-corrected chi connectivity index (χ4v) is 2.51. The Morgan fingerprint density at radius 1 is 1.24 bits per heavy atom. The van der Waals surface area contributed by atoms with Gasteiger partial charge < -0.3 is 5.32 Å². The highest BCUT2D eigenvalue weighted by Gasteiger charge is 2.14. The number of rotatable bonds is 8. The van der Waals surface area contributed by atoms with Gasteiger partial charge in [-0.25, -0.2) is 0 Å². The average molecular weight is 287 g/mol. The average Bonchev–Trinajstić information content (AvgIpc) is 2.87. The molecule has 0 saturated carbocycles. The Labute approximate surface area is 126 Å². The van der Waals surface area contributed by atoms with E-state index in [4.69, 9.17) is 0 Å². The van der Waals surface area contributed by atoms with Crippen molar-refractivity contribution in [3.8, 4) is 0 Å². The summed E-state index contributed by atoms with van der Waals surface area (Å²) in [5, 5.41) is 15.9. The van der Waals surface area contributed by atoms with E-state index in [1.165, 1.54) is 15.9 Å². The first-order valence-corrected chi connectivity index (χ1v) is 7.67. The van der Waals surface area contributed by atoms with Crippen molar-refractivity contribution in [3.63, 3.8) is 0 Å². The Kier molecular flexibility index (Phi) is 5.87. The van der Waals surface area contributed by atoms with Crippen molar-refractivity contribution < 1.29 is 0 Å². The van der Waals surface area contributed by atoms with Gasteiger partial charge in [0.1, 0.15) is 0 Å². The summed E-state index contributed by atoms with van der Waals surface area (Å²) in [6.07, 6.45) is 3.06. The minimum atomic E-state index is 0.488. The van der Waals surface area contributed by atoms with Crippen LogP contribution in [0.1, 0.15) is 30.3 Å². The lowest BCUT2D eigenvalue weighted by Crippen LogP contribution is -2.27. The molecule has 1 aromatic heterocycles. The lowest BCUT2D eigenvalue weighted by Gasteiger charge is -2.17. The number of aryl methyl sites for hydroxylation is 2. The summed E-state index contributed by atoms with van der Waals surface area (Å²) in [4.78, 5) is 1.53. The van der Waals surface area contributed by atoms with Crippen molar-refractivity contribution in [2.24, 2.45) is 13.0 Å². The van der Waals surface area contributed by atoms with Crippen molar-refractivity contribution in [1.29, 1.82) is 0 Å².